The van der Waals surface area contributed by atoms with Crippen LogP contribution in [0.25, 0.3) is 28.0 Å². The van der Waals surface area contributed by atoms with E-state index in [9.17, 15) is 4.39 Å². The summed E-state index contributed by atoms with van der Waals surface area (Å²) in [6, 6.07) is 16.5. The average Bonchev–Trinajstić information content (AvgIpc) is 3.54. The molecule has 0 bridgehead atoms. The number of fused-ring (bicyclic) bond motifs is 1. The normalized spacial score (nSPS) is 13.5. The Hall–Kier alpha value is -4.07. The molecule has 8 heteroatoms. The highest BCUT2D eigenvalue weighted by atomic mass is 19.1. The lowest BCUT2D eigenvalue weighted by Gasteiger charge is -2.10. The Bertz CT molecular complexity index is 1480. The Kier molecular flexibility index (Phi) is 4.46. The molecule has 2 aromatic carbocycles. The minimum absolute atomic E-state index is 0.254. The average molecular weight is 439 g/mol. The van der Waals surface area contributed by atoms with Crippen molar-refractivity contribution >= 4 is 22.5 Å². The molecular formula is C25H22FN7. The number of rotatable bonds is 5. The second kappa shape index (κ2) is 7.51. The second-order valence-corrected chi connectivity index (χ2v) is 8.42. The maximum absolute atomic E-state index is 13.5. The zero-order valence-electron chi connectivity index (χ0n) is 18.3. The fourth-order valence-corrected chi connectivity index (χ4v) is 4.32. The summed E-state index contributed by atoms with van der Waals surface area (Å²) < 4.78 is 17.1. The molecule has 0 atom stereocenters. The molecule has 6 rings (SSSR count). The molecule has 164 valence electrons. The van der Waals surface area contributed by atoms with Gasteiger partial charge in [0.05, 0.1) is 16.9 Å². The topological polar surface area (TPSA) is 73.5 Å². The quantitative estimate of drug-likeness (QED) is 0.403. The predicted molar refractivity (Wildman–Crippen MR) is 125 cm³/mol. The van der Waals surface area contributed by atoms with Gasteiger partial charge in [-0.3, -0.25) is 4.68 Å². The molecule has 0 radical (unpaired) electrons. The first-order chi connectivity index (χ1) is 16.1. The number of hydrogen-bond donors (Lipinski definition) is 1. The first kappa shape index (κ1) is 19.6. The third kappa shape index (κ3) is 3.44. The lowest BCUT2D eigenvalue weighted by molar-refractivity contribution is 0.628. The van der Waals surface area contributed by atoms with Gasteiger partial charge in [-0.1, -0.05) is 18.2 Å². The van der Waals surface area contributed by atoms with Crippen LogP contribution in [0.1, 0.15) is 30.0 Å². The van der Waals surface area contributed by atoms with Crippen LogP contribution >= 0.6 is 0 Å². The van der Waals surface area contributed by atoms with Crippen LogP contribution in [-0.2, 0) is 7.05 Å². The van der Waals surface area contributed by atoms with Crippen LogP contribution in [0.5, 0.6) is 0 Å². The van der Waals surface area contributed by atoms with Gasteiger partial charge in [0.15, 0.2) is 5.82 Å². The SMILES string of the molecule is Cc1nn(-c2cc(Nc3c(C4CC4)c(-c4ccc(F)cc4)nn3C)ncn2)c2ccccc12. The van der Waals surface area contributed by atoms with Crippen LogP contribution in [0.15, 0.2) is 60.9 Å². The fourth-order valence-electron chi connectivity index (χ4n) is 4.32. The first-order valence-corrected chi connectivity index (χ1v) is 10.9. The van der Waals surface area contributed by atoms with Crippen LogP contribution in [0.2, 0.25) is 0 Å². The standard InChI is InChI=1S/C25H22FN7/c1-15-19-5-3-4-6-20(19)33(30-15)22-13-21(27-14-28-22)29-25-23(16-7-8-16)24(31-32(25)2)17-9-11-18(26)12-10-17/h3-6,9-14,16H,7-8H2,1-2H3,(H,27,28,29). The molecule has 1 fully saturated rings. The van der Waals surface area contributed by atoms with E-state index in [0.29, 0.717) is 17.6 Å². The summed E-state index contributed by atoms with van der Waals surface area (Å²) in [6.07, 6.45) is 3.77. The lowest BCUT2D eigenvalue weighted by atomic mass is 10.0. The lowest BCUT2D eigenvalue weighted by Crippen LogP contribution is -2.05. The number of aryl methyl sites for hydroxylation is 2. The second-order valence-electron chi connectivity index (χ2n) is 8.42. The Morgan fingerprint density at radius 3 is 2.58 bits per heavy atom. The van der Waals surface area contributed by atoms with Gasteiger partial charge < -0.3 is 5.32 Å². The van der Waals surface area contributed by atoms with Gasteiger partial charge in [-0.2, -0.15) is 10.2 Å². The van der Waals surface area contributed by atoms with E-state index in [2.05, 4.69) is 26.4 Å². The number of halogens is 1. The Balaban J connectivity index is 1.40. The largest absolute Gasteiger partial charge is 0.325 e. The third-order valence-electron chi connectivity index (χ3n) is 6.08. The summed E-state index contributed by atoms with van der Waals surface area (Å²) in [5, 5.41) is 14.0. The van der Waals surface area contributed by atoms with Crippen molar-refractivity contribution in [3.63, 3.8) is 0 Å². The molecule has 1 aliphatic rings. The van der Waals surface area contributed by atoms with E-state index in [1.54, 1.807) is 12.1 Å². The molecule has 3 heterocycles. The highest BCUT2D eigenvalue weighted by molar-refractivity contribution is 5.83. The number of hydrogen-bond acceptors (Lipinski definition) is 5. The monoisotopic (exact) mass is 439 g/mol. The summed E-state index contributed by atoms with van der Waals surface area (Å²) in [5.41, 5.74) is 4.88. The van der Waals surface area contributed by atoms with Crippen LogP contribution < -0.4 is 5.32 Å². The van der Waals surface area contributed by atoms with Crippen molar-refractivity contribution in [3.8, 4) is 17.1 Å². The predicted octanol–water partition coefficient (Wildman–Crippen LogP) is 5.28. The van der Waals surface area contributed by atoms with E-state index < -0.39 is 0 Å². The molecule has 0 aliphatic heterocycles. The number of aromatic nitrogens is 6. The van der Waals surface area contributed by atoms with Crippen molar-refractivity contribution in [3.05, 3.63) is 78.0 Å². The Morgan fingerprint density at radius 2 is 1.79 bits per heavy atom. The van der Waals surface area contributed by atoms with E-state index in [1.807, 2.05) is 47.6 Å². The molecule has 0 spiro atoms. The van der Waals surface area contributed by atoms with Crippen molar-refractivity contribution in [1.29, 1.82) is 0 Å². The van der Waals surface area contributed by atoms with Crippen molar-refractivity contribution in [1.82, 2.24) is 29.5 Å². The minimum atomic E-state index is -0.254. The van der Waals surface area contributed by atoms with Gasteiger partial charge in [0.2, 0.25) is 0 Å². The van der Waals surface area contributed by atoms with Crippen molar-refractivity contribution in [2.75, 3.05) is 5.32 Å². The molecule has 33 heavy (non-hydrogen) atoms. The molecule has 3 aromatic heterocycles. The van der Waals surface area contributed by atoms with E-state index in [-0.39, 0.29) is 5.82 Å². The number of benzene rings is 2. The van der Waals surface area contributed by atoms with Crippen LogP contribution in [0, 0.1) is 12.7 Å². The number of anilines is 2. The van der Waals surface area contributed by atoms with E-state index in [0.717, 1.165) is 52.1 Å². The summed E-state index contributed by atoms with van der Waals surface area (Å²) in [5.74, 6) is 2.41. The Morgan fingerprint density at radius 1 is 1.00 bits per heavy atom. The van der Waals surface area contributed by atoms with Crippen molar-refractivity contribution in [2.45, 2.75) is 25.7 Å². The first-order valence-electron chi connectivity index (χ1n) is 10.9. The highest BCUT2D eigenvalue weighted by Crippen LogP contribution is 2.48. The molecule has 7 nitrogen and oxygen atoms in total. The van der Waals surface area contributed by atoms with E-state index >= 15 is 0 Å². The van der Waals surface area contributed by atoms with Gasteiger partial charge >= 0.3 is 0 Å². The van der Waals surface area contributed by atoms with Gasteiger partial charge in [0, 0.05) is 29.6 Å². The van der Waals surface area contributed by atoms with Crippen LogP contribution in [-0.4, -0.2) is 29.5 Å². The van der Waals surface area contributed by atoms with Gasteiger partial charge in [-0.05, 0) is 56.0 Å². The van der Waals surface area contributed by atoms with Crippen molar-refractivity contribution in [2.24, 2.45) is 7.05 Å². The van der Waals surface area contributed by atoms with Crippen molar-refractivity contribution < 1.29 is 4.39 Å². The van der Waals surface area contributed by atoms with Gasteiger partial charge in [-0.25, -0.2) is 19.0 Å². The van der Waals surface area contributed by atoms with Crippen LogP contribution in [0.4, 0.5) is 16.0 Å². The fraction of sp³-hybridized carbons (Fsp3) is 0.200. The smallest absolute Gasteiger partial charge is 0.159 e. The maximum atomic E-state index is 13.5. The molecule has 0 unspecified atom stereocenters. The summed E-state index contributed by atoms with van der Waals surface area (Å²) in [7, 11) is 1.91. The molecule has 5 aromatic rings. The van der Waals surface area contributed by atoms with Gasteiger partial charge in [0.25, 0.3) is 0 Å². The molecule has 0 amide bonds. The van der Waals surface area contributed by atoms with Crippen LogP contribution in [0.3, 0.4) is 0 Å². The molecule has 1 saturated carbocycles. The highest BCUT2D eigenvalue weighted by Gasteiger charge is 2.33. The molecule has 1 aliphatic carbocycles. The number of para-hydroxylation sites is 1. The molecule has 0 saturated heterocycles. The summed E-state index contributed by atoms with van der Waals surface area (Å²) >= 11 is 0. The van der Waals surface area contributed by atoms with E-state index in [1.165, 1.54) is 18.5 Å². The van der Waals surface area contributed by atoms with E-state index in [4.69, 9.17) is 5.10 Å². The minimum Gasteiger partial charge on any atom is -0.325 e. The zero-order chi connectivity index (χ0) is 22.5. The maximum Gasteiger partial charge on any atom is 0.159 e. The zero-order valence-corrected chi connectivity index (χ0v) is 18.3. The van der Waals surface area contributed by atoms with Gasteiger partial charge in [0.1, 0.15) is 23.8 Å². The summed E-state index contributed by atoms with van der Waals surface area (Å²) in [4.78, 5) is 8.91. The summed E-state index contributed by atoms with van der Waals surface area (Å²) in [6.45, 7) is 1.99. The van der Waals surface area contributed by atoms with Gasteiger partial charge in [-0.15, -0.1) is 0 Å². The third-order valence-corrected chi connectivity index (χ3v) is 6.08. The molecule has 1 N–H and O–H groups in total. The number of nitrogens with one attached hydrogen (secondary N) is 1. The molecular weight excluding hydrogens is 417 g/mol. The Labute approximate surface area is 189 Å². The number of nitrogens with zero attached hydrogens (tertiary/aromatic N) is 6.